The summed E-state index contributed by atoms with van der Waals surface area (Å²) in [6.45, 7) is 4.45. The third-order valence-corrected chi connectivity index (χ3v) is 3.22. The van der Waals surface area contributed by atoms with Crippen LogP contribution in [-0.2, 0) is 6.54 Å². The molecule has 0 amide bonds. The molecule has 0 aliphatic rings. The first-order valence-electron chi connectivity index (χ1n) is 6.67. The maximum atomic E-state index is 11.9. The van der Waals surface area contributed by atoms with E-state index in [1.165, 1.54) is 0 Å². The highest BCUT2D eigenvalue weighted by atomic mass is 16.1. The van der Waals surface area contributed by atoms with E-state index in [4.69, 9.17) is 0 Å². The Labute approximate surface area is 121 Å². The molecule has 0 unspecified atom stereocenters. The van der Waals surface area contributed by atoms with E-state index in [9.17, 15) is 4.79 Å². The normalized spacial score (nSPS) is 10.7. The van der Waals surface area contributed by atoms with Crippen LogP contribution in [0, 0.1) is 0 Å². The first-order chi connectivity index (χ1) is 10.3. The lowest BCUT2D eigenvalue weighted by molar-refractivity contribution is 0.723. The smallest absolute Gasteiger partial charge is 0.192 e. The fourth-order valence-electron chi connectivity index (χ4n) is 2.13. The number of hydrogen-bond acceptors (Lipinski definition) is 4. The predicted molar refractivity (Wildman–Crippen MR) is 81.8 cm³/mol. The predicted octanol–water partition coefficient (Wildman–Crippen LogP) is 2.43. The molecule has 0 aromatic carbocycles. The third-order valence-electron chi connectivity index (χ3n) is 3.22. The summed E-state index contributed by atoms with van der Waals surface area (Å²) in [6, 6.07) is 5.23. The van der Waals surface area contributed by atoms with Gasteiger partial charge in [0.1, 0.15) is 5.65 Å². The quantitative estimate of drug-likeness (QED) is 0.688. The van der Waals surface area contributed by atoms with E-state index < -0.39 is 0 Å². The molecule has 0 fully saturated rings. The molecule has 5 nitrogen and oxygen atoms in total. The molecule has 5 heteroatoms. The van der Waals surface area contributed by atoms with Crippen LogP contribution in [0.5, 0.6) is 0 Å². The van der Waals surface area contributed by atoms with Gasteiger partial charge < -0.3 is 4.57 Å². The van der Waals surface area contributed by atoms with E-state index in [1.54, 1.807) is 30.9 Å². The Morgan fingerprint density at radius 2 is 2.05 bits per heavy atom. The average molecular weight is 278 g/mol. The molecule has 0 spiro atoms. The minimum atomic E-state index is -0.0684. The van der Waals surface area contributed by atoms with Crippen LogP contribution in [0.15, 0.2) is 60.4 Å². The van der Waals surface area contributed by atoms with Crippen LogP contribution in [-0.4, -0.2) is 19.5 Å². The summed E-state index contributed by atoms with van der Waals surface area (Å²) >= 11 is 0. The Kier molecular flexibility index (Phi) is 3.55. The molecule has 104 valence electrons. The van der Waals surface area contributed by atoms with Crippen molar-refractivity contribution in [1.29, 1.82) is 0 Å². The molecule has 3 aromatic heterocycles. The summed E-state index contributed by atoms with van der Waals surface area (Å²) in [7, 11) is 0. The van der Waals surface area contributed by atoms with Gasteiger partial charge in [-0.2, -0.15) is 0 Å². The van der Waals surface area contributed by atoms with E-state index in [-0.39, 0.29) is 5.43 Å². The number of nitrogens with zero attached hydrogens (tertiary/aromatic N) is 4. The Balaban J connectivity index is 2.19. The van der Waals surface area contributed by atoms with Crippen LogP contribution >= 0.6 is 0 Å². The number of pyridine rings is 2. The second kappa shape index (κ2) is 5.66. The highest BCUT2D eigenvalue weighted by Crippen LogP contribution is 2.16. The van der Waals surface area contributed by atoms with Gasteiger partial charge in [0.25, 0.3) is 0 Å². The van der Waals surface area contributed by atoms with Crippen molar-refractivity contribution in [2.75, 3.05) is 0 Å². The van der Waals surface area contributed by atoms with Crippen molar-refractivity contribution >= 4 is 11.0 Å². The van der Waals surface area contributed by atoms with Gasteiger partial charge in [0, 0.05) is 43.0 Å². The fourth-order valence-corrected chi connectivity index (χ4v) is 2.13. The monoisotopic (exact) mass is 278 g/mol. The van der Waals surface area contributed by atoms with Gasteiger partial charge in [0.05, 0.1) is 5.39 Å². The van der Waals surface area contributed by atoms with Gasteiger partial charge in [-0.1, -0.05) is 6.08 Å². The average Bonchev–Trinajstić information content (AvgIpc) is 2.55. The van der Waals surface area contributed by atoms with Crippen LogP contribution < -0.4 is 5.43 Å². The van der Waals surface area contributed by atoms with Crippen molar-refractivity contribution in [1.82, 2.24) is 19.5 Å². The molecule has 0 bridgehead atoms. The zero-order chi connectivity index (χ0) is 14.7. The molecule has 3 aromatic rings. The lowest BCUT2D eigenvalue weighted by Gasteiger charge is -2.09. The number of rotatable bonds is 4. The molecule has 0 atom stereocenters. The Morgan fingerprint density at radius 3 is 2.81 bits per heavy atom. The van der Waals surface area contributed by atoms with Crippen molar-refractivity contribution in [3.05, 3.63) is 65.9 Å². The van der Waals surface area contributed by atoms with Crippen molar-refractivity contribution in [2.45, 2.75) is 13.0 Å². The minimum Gasteiger partial charge on any atom is -0.332 e. The summed E-state index contributed by atoms with van der Waals surface area (Å²) in [6.07, 6.45) is 9.39. The second-order valence-corrected chi connectivity index (χ2v) is 4.62. The highest BCUT2D eigenvalue weighted by Gasteiger charge is 2.08. The van der Waals surface area contributed by atoms with Crippen molar-refractivity contribution in [3.8, 4) is 11.4 Å². The van der Waals surface area contributed by atoms with E-state index in [2.05, 4.69) is 21.5 Å². The summed E-state index contributed by atoms with van der Waals surface area (Å²) in [5.74, 6) is 0.586. The molecule has 0 N–H and O–H groups in total. The van der Waals surface area contributed by atoms with E-state index in [0.29, 0.717) is 16.9 Å². The Bertz CT molecular complexity index is 840. The van der Waals surface area contributed by atoms with Gasteiger partial charge in [-0.3, -0.25) is 9.78 Å². The van der Waals surface area contributed by atoms with Gasteiger partial charge in [-0.25, -0.2) is 9.97 Å². The van der Waals surface area contributed by atoms with Crippen LogP contribution in [0.4, 0.5) is 0 Å². The molecular formula is C16H14N4O. The van der Waals surface area contributed by atoms with Crippen LogP contribution in [0.3, 0.4) is 0 Å². The molecule has 0 radical (unpaired) electrons. The van der Waals surface area contributed by atoms with Crippen molar-refractivity contribution in [2.24, 2.45) is 0 Å². The molecule has 0 saturated carbocycles. The van der Waals surface area contributed by atoms with Gasteiger partial charge in [0.15, 0.2) is 11.3 Å². The van der Waals surface area contributed by atoms with E-state index in [1.807, 2.05) is 22.8 Å². The lowest BCUT2D eigenvalue weighted by atomic mass is 10.2. The van der Waals surface area contributed by atoms with Gasteiger partial charge in [0.2, 0.25) is 0 Å². The number of aryl methyl sites for hydroxylation is 1. The summed E-state index contributed by atoms with van der Waals surface area (Å²) in [4.78, 5) is 24.7. The Morgan fingerprint density at radius 1 is 1.24 bits per heavy atom. The zero-order valence-electron chi connectivity index (χ0n) is 11.4. The molecule has 21 heavy (non-hydrogen) atoms. The van der Waals surface area contributed by atoms with Gasteiger partial charge in [-0.05, 0) is 18.6 Å². The number of hydrogen-bond donors (Lipinski definition) is 0. The van der Waals surface area contributed by atoms with Crippen molar-refractivity contribution < 1.29 is 0 Å². The van der Waals surface area contributed by atoms with Crippen LogP contribution in [0.2, 0.25) is 0 Å². The molecule has 0 aliphatic heterocycles. The molecule has 3 heterocycles. The first kappa shape index (κ1) is 13.2. The second-order valence-electron chi connectivity index (χ2n) is 4.62. The number of fused-ring (bicyclic) bond motifs is 1. The van der Waals surface area contributed by atoms with E-state index >= 15 is 0 Å². The molecule has 0 saturated heterocycles. The first-order valence-corrected chi connectivity index (χ1v) is 6.67. The fraction of sp³-hybridized carbons (Fsp3) is 0.125. The van der Waals surface area contributed by atoms with Crippen molar-refractivity contribution in [3.63, 3.8) is 0 Å². The highest BCUT2D eigenvalue weighted by molar-refractivity contribution is 5.76. The largest absolute Gasteiger partial charge is 0.332 e. The lowest BCUT2D eigenvalue weighted by Crippen LogP contribution is -2.10. The maximum absolute atomic E-state index is 11.9. The summed E-state index contributed by atoms with van der Waals surface area (Å²) in [5.41, 5.74) is 1.45. The topological polar surface area (TPSA) is 60.7 Å². The standard InChI is InChI=1S/C16H14N4O/c1-2-3-9-20-10-6-14(21)13-11-18-15(19-16(13)20)12-4-7-17-8-5-12/h2,4-8,10-11H,1,3,9H2. The summed E-state index contributed by atoms with van der Waals surface area (Å²) in [5, 5.41) is 0.527. The maximum Gasteiger partial charge on any atom is 0.192 e. The molecular weight excluding hydrogens is 264 g/mol. The number of aromatic nitrogens is 4. The SMILES string of the molecule is C=CCCn1ccc(=O)c2cnc(-c3ccncc3)nc21. The van der Waals surface area contributed by atoms with Crippen LogP contribution in [0.1, 0.15) is 6.42 Å². The minimum absolute atomic E-state index is 0.0684. The van der Waals surface area contributed by atoms with Crippen LogP contribution in [0.25, 0.3) is 22.4 Å². The summed E-state index contributed by atoms with van der Waals surface area (Å²) < 4.78 is 1.95. The Hall–Kier alpha value is -2.82. The molecule has 0 aliphatic carbocycles. The number of allylic oxidation sites excluding steroid dienone is 1. The molecule has 3 rings (SSSR count). The zero-order valence-corrected chi connectivity index (χ0v) is 11.4. The van der Waals surface area contributed by atoms with Gasteiger partial charge >= 0.3 is 0 Å². The van der Waals surface area contributed by atoms with Gasteiger partial charge in [-0.15, -0.1) is 6.58 Å². The third kappa shape index (κ3) is 2.58. The van der Waals surface area contributed by atoms with E-state index in [0.717, 1.165) is 18.5 Å².